The van der Waals surface area contributed by atoms with Gasteiger partial charge < -0.3 is 5.73 Å². The summed E-state index contributed by atoms with van der Waals surface area (Å²) in [5.41, 5.74) is 8.29. The van der Waals surface area contributed by atoms with Crippen molar-refractivity contribution in [1.29, 1.82) is 0 Å². The molecule has 1 atom stereocenters. The third-order valence-corrected chi connectivity index (χ3v) is 2.28. The largest absolute Gasteiger partial charge is 0.324 e. The first-order chi connectivity index (χ1) is 5.70. The highest BCUT2D eigenvalue weighted by atomic mass is 15.3. The monoisotopic (exact) mass is 167 g/mol. The molecule has 68 valence electrons. The number of aryl methyl sites for hydroxylation is 1. The molecule has 3 nitrogen and oxygen atoms in total. The zero-order chi connectivity index (χ0) is 9.14. The van der Waals surface area contributed by atoms with Crippen molar-refractivity contribution in [2.45, 2.75) is 39.8 Å². The maximum Gasteiger partial charge on any atom is 0.0540 e. The average Bonchev–Trinajstić information content (AvgIpc) is 2.45. The highest BCUT2D eigenvalue weighted by Gasteiger charge is 2.10. The van der Waals surface area contributed by atoms with Gasteiger partial charge in [0, 0.05) is 23.8 Å². The molecule has 0 aliphatic rings. The van der Waals surface area contributed by atoms with Gasteiger partial charge in [0.25, 0.3) is 0 Å². The quantitative estimate of drug-likeness (QED) is 0.743. The second-order valence-electron chi connectivity index (χ2n) is 3.02. The van der Waals surface area contributed by atoms with Crippen LogP contribution in [0.4, 0.5) is 0 Å². The maximum atomic E-state index is 5.91. The number of nitrogens with zero attached hydrogens (tertiary/aromatic N) is 2. The van der Waals surface area contributed by atoms with Gasteiger partial charge in [-0.2, -0.15) is 5.10 Å². The lowest BCUT2D eigenvalue weighted by Crippen LogP contribution is -2.10. The molecule has 1 rings (SSSR count). The summed E-state index contributed by atoms with van der Waals surface area (Å²) in [6.45, 7) is 7.16. The van der Waals surface area contributed by atoms with Crippen molar-refractivity contribution in [3.63, 3.8) is 0 Å². The van der Waals surface area contributed by atoms with E-state index in [9.17, 15) is 0 Å². The molecule has 0 bridgehead atoms. The van der Waals surface area contributed by atoms with Crippen molar-refractivity contribution in [3.05, 3.63) is 17.5 Å². The molecule has 1 aromatic rings. The summed E-state index contributed by atoms with van der Waals surface area (Å²) in [7, 11) is 0. The van der Waals surface area contributed by atoms with Crippen molar-refractivity contribution in [2.24, 2.45) is 5.73 Å². The third kappa shape index (κ3) is 1.50. The Morgan fingerprint density at radius 1 is 1.58 bits per heavy atom. The molecule has 0 radical (unpaired) electrons. The Bertz CT molecular complexity index is 252. The summed E-state index contributed by atoms with van der Waals surface area (Å²) < 4.78 is 1.98. The van der Waals surface area contributed by atoms with Crippen LogP contribution < -0.4 is 5.73 Å². The van der Waals surface area contributed by atoms with E-state index in [1.165, 1.54) is 11.3 Å². The van der Waals surface area contributed by atoms with Crippen LogP contribution >= 0.6 is 0 Å². The minimum Gasteiger partial charge on any atom is -0.324 e. The highest BCUT2D eigenvalue weighted by Crippen LogP contribution is 2.17. The van der Waals surface area contributed by atoms with E-state index in [1.54, 1.807) is 0 Å². The van der Waals surface area contributed by atoms with Gasteiger partial charge in [-0.1, -0.05) is 6.92 Å². The van der Waals surface area contributed by atoms with Crippen LogP contribution in [-0.2, 0) is 6.54 Å². The third-order valence-electron chi connectivity index (χ3n) is 2.28. The number of hydrogen-bond donors (Lipinski definition) is 1. The molecular weight excluding hydrogens is 150 g/mol. The van der Waals surface area contributed by atoms with E-state index in [0.717, 1.165) is 13.0 Å². The fraction of sp³-hybridized carbons (Fsp3) is 0.667. The average molecular weight is 167 g/mol. The number of nitrogens with two attached hydrogens (primary N) is 1. The maximum absolute atomic E-state index is 5.91. The normalized spacial score (nSPS) is 13.3. The fourth-order valence-corrected chi connectivity index (χ4v) is 1.36. The summed E-state index contributed by atoms with van der Waals surface area (Å²) in [4.78, 5) is 0. The molecule has 1 heterocycles. The molecule has 0 aliphatic carbocycles. The molecule has 0 spiro atoms. The number of hydrogen-bond acceptors (Lipinski definition) is 2. The van der Waals surface area contributed by atoms with Crippen LogP contribution in [0, 0.1) is 6.92 Å². The zero-order valence-corrected chi connectivity index (χ0v) is 8.04. The number of aromatic nitrogens is 2. The standard InChI is InChI=1S/C9H17N3/c1-4-9(10)8-6-11-12(5-2)7(8)3/h6,9H,4-5,10H2,1-3H3. The Morgan fingerprint density at radius 2 is 2.25 bits per heavy atom. The smallest absolute Gasteiger partial charge is 0.0540 e. The molecule has 0 saturated heterocycles. The van der Waals surface area contributed by atoms with Gasteiger partial charge in [-0.05, 0) is 20.3 Å². The summed E-state index contributed by atoms with van der Waals surface area (Å²) in [5.74, 6) is 0. The lowest BCUT2D eigenvalue weighted by molar-refractivity contribution is 0.631. The van der Waals surface area contributed by atoms with Crippen molar-refractivity contribution in [2.75, 3.05) is 0 Å². The van der Waals surface area contributed by atoms with Gasteiger partial charge >= 0.3 is 0 Å². The fourth-order valence-electron chi connectivity index (χ4n) is 1.36. The molecule has 0 saturated carbocycles. The van der Waals surface area contributed by atoms with Crippen LogP contribution in [0.3, 0.4) is 0 Å². The lowest BCUT2D eigenvalue weighted by Gasteiger charge is -2.07. The van der Waals surface area contributed by atoms with Gasteiger partial charge in [-0.15, -0.1) is 0 Å². The van der Waals surface area contributed by atoms with Gasteiger partial charge in [0.15, 0.2) is 0 Å². The van der Waals surface area contributed by atoms with Crippen LogP contribution in [0.2, 0.25) is 0 Å². The molecule has 2 N–H and O–H groups in total. The molecule has 0 fully saturated rings. The first-order valence-electron chi connectivity index (χ1n) is 4.48. The van der Waals surface area contributed by atoms with Gasteiger partial charge in [-0.25, -0.2) is 0 Å². The Morgan fingerprint density at radius 3 is 2.67 bits per heavy atom. The summed E-state index contributed by atoms with van der Waals surface area (Å²) in [6.07, 6.45) is 2.85. The van der Waals surface area contributed by atoms with Crippen LogP contribution in [0.5, 0.6) is 0 Å². The van der Waals surface area contributed by atoms with Gasteiger partial charge in [0.05, 0.1) is 6.20 Å². The number of rotatable bonds is 3. The van der Waals surface area contributed by atoms with Crippen LogP contribution in [0.15, 0.2) is 6.20 Å². The van der Waals surface area contributed by atoms with Crippen LogP contribution in [-0.4, -0.2) is 9.78 Å². The molecule has 0 amide bonds. The minimum atomic E-state index is 0.144. The van der Waals surface area contributed by atoms with Crippen molar-refractivity contribution < 1.29 is 0 Å². The second-order valence-corrected chi connectivity index (χ2v) is 3.02. The van der Waals surface area contributed by atoms with Gasteiger partial charge in [0.2, 0.25) is 0 Å². The van der Waals surface area contributed by atoms with Gasteiger partial charge in [0.1, 0.15) is 0 Å². The van der Waals surface area contributed by atoms with E-state index in [2.05, 4.69) is 25.9 Å². The van der Waals surface area contributed by atoms with E-state index < -0.39 is 0 Å². The summed E-state index contributed by atoms with van der Waals surface area (Å²) in [6, 6.07) is 0.144. The van der Waals surface area contributed by atoms with Crippen LogP contribution in [0.25, 0.3) is 0 Å². The summed E-state index contributed by atoms with van der Waals surface area (Å²) in [5, 5.41) is 4.24. The highest BCUT2D eigenvalue weighted by molar-refractivity contribution is 5.19. The zero-order valence-electron chi connectivity index (χ0n) is 8.04. The molecule has 3 heteroatoms. The van der Waals surface area contributed by atoms with Crippen molar-refractivity contribution >= 4 is 0 Å². The molecule has 0 aromatic carbocycles. The minimum absolute atomic E-state index is 0.144. The molecule has 1 aromatic heterocycles. The molecule has 0 aliphatic heterocycles. The molecule has 12 heavy (non-hydrogen) atoms. The molecule has 1 unspecified atom stereocenters. The Hall–Kier alpha value is -0.830. The Kier molecular flexibility index (Phi) is 2.87. The Balaban J connectivity index is 2.93. The van der Waals surface area contributed by atoms with E-state index in [-0.39, 0.29) is 6.04 Å². The first-order valence-corrected chi connectivity index (χ1v) is 4.48. The summed E-state index contributed by atoms with van der Waals surface area (Å²) >= 11 is 0. The Labute approximate surface area is 73.6 Å². The second kappa shape index (κ2) is 3.72. The molecular formula is C9H17N3. The predicted octanol–water partition coefficient (Wildman–Crippen LogP) is 1.62. The van der Waals surface area contributed by atoms with E-state index in [0.29, 0.717) is 0 Å². The predicted molar refractivity (Wildman–Crippen MR) is 49.9 cm³/mol. The van der Waals surface area contributed by atoms with E-state index in [1.807, 2.05) is 10.9 Å². The SMILES string of the molecule is CCC(N)c1cnn(CC)c1C. The van der Waals surface area contributed by atoms with E-state index >= 15 is 0 Å². The van der Waals surface area contributed by atoms with E-state index in [4.69, 9.17) is 5.73 Å². The lowest BCUT2D eigenvalue weighted by atomic mass is 10.1. The van der Waals surface area contributed by atoms with Crippen LogP contribution in [0.1, 0.15) is 37.6 Å². The van der Waals surface area contributed by atoms with Crippen molar-refractivity contribution in [3.8, 4) is 0 Å². The van der Waals surface area contributed by atoms with Crippen molar-refractivity contribution in [1.82, 2.24) is 9.78 Å². The topological polar surface area (TPSA) is 43.8 Å². The first kappa shape index (κ1) is 9.26. The van der Waals surface area contributed by atoms with Gasteiger partial charge in [-0.3, -0.25) is 4.68 Å².